The summed E-state index contributed by atoms with van der Waals surface area (Å²) < 4.78 is 0. The standard InChI is InChI=1S/C9H11ClN2O2S/c1-2-3-6-15-9-7(12(13)14)4-5-8(10)11-9/h4-5H,2-3,6H2,1H3. The Morgan fingerprint density at radius 3 is 2.93 bits per heavy atom. The highest BCUT2D eigenvalue weighted by Crippen LogP contribution is 2.29. The summed E-state index contributed by atoms with van der Waals surface area (Å²) in [5, 5.41) is 11.4. The van der Waals surface area contributed by atoms with Crippen LogP contribution in [0.25, 0.3) is 0 Å². The van der Waals surface area contributed by atoms with Gasteiger partial charge in [0.15, 0.2) is 5.03 Å². The molecule has 0 aliphatic rings. The van der Waals surface area contributed by atoms with E-state index in [-0.39, 0.29) is 5.69 Å². The van der Waals surface area contributed by atoms with Gasteiger partial charge >= 0.3 is 5.69 Å². The molecular weight excluding hydrogens is 236 g/mol. The van der Waals surface area contributed by atoms with Gasteiger partial charge in [-0.2, -0.15) is 0 Å². The van der Waals surface area contributed by atoms with Gasteiger partial charge in [0.2, 0.25) is 0 Å². The number of thioether (sulfide) groups is 1. The Bertz CT molecular complexity index is 360. The molecule has 4 nitrogen and oxygen atoms in total. The van der Waals surface area contributed by atoms with Crippen molar-refractivity contribution in [2.45, 2.75) is 24.8 Å². The lowest BCUT2D eigenvalue weighted by atomic mass is 10.4. The smallest absolute Gasteiger partial charge is 0.258 e. The zero-order valence-electron chi connectivity index (χ0n) is 8.27. The number of halogens is 1. The van der Waals surface area contributed by atoms with Crippen LogP contribution in [0, 0.1) is 10.1 Å². The van der Waals surface area contributed by atoms with Gasteiger partial charge in [0, 0.05) is 6.07 Å². The number of aromatic nitrogens is 1. The van der Waals surface area contributed by atoms with E-state index >= 15 is 0 Å². The Kier molecular flexibility index (Phi) is 4.84. The highest BCUT2D eigenvalue weighted by Gasteiger charge is 2.15. The number of hydrogen-bond donors (Lipinski definition) is 0. The van der Waals surface area contributed by atoms with Gasteiger partial charge in [0.25, 0.3) is 0 Å². The highest BCUT2D eigenvalue weighted by atomic mass is 35.5. The van der Waals surface area contributed by atoms with E-state index in [2.05, 4.69) is 11.9 Å². The molecule has 0 saturated carbocycles. The Hall–Kier alpha value is -0.810. The lowest BCUT2D eigenvalue weighted by molar-refractivity contribution is -0.388. The summed E-state index contributed by atoms with van der Waals surface area (Å²) in [6, 6.07) is 2.83. The minimum absolute atomic E-state index is 0.0282. The summed E-state index contributed by atoms with van der Waals surface area (Å²) in [7, 11) is 0. The lowest BCUT2D eigenvalue weighted by Crippen LogP contribution is -1.94. The first-order chi connectivity index (χ1) is 7.15. The molecule has 0 N–H and O–H groups in total. The molecule has 0 unspecified atom stereocenters. The molecule has 0 atom stereocenters. The maximum absolute atomic E-state index is 10.7. The van der Waals surface area contributed by atoms with Crippen LogP contribution in [0.5, 0.6) is 0 Å². The van der Waals surface area contributed by atoms with Crippen LogP contribution in [0.15, 0.2) is 17.2 Å². The van der Waals surface area contributed by atoms with E-state index in [4.69, 9.17) is 11.6 Å². The highest BCUT2D eigenvalue weighted by molar-refractivity contribution is 7.99. The van der Waals surface area contributed by atoms with Crippen LogP contribution < -0.4 is 0 Å². The molecule has 0 aliphatic heterocycles. The van der Waals surface area contributed by atoms with E-state index in [1.54, 1.807) is 0 Å². The summed E-state index contributed by atoms with van der Waals surface area (Å²) in [5.74, 6) is 0.824. The summed E-state index contributed by atoms with van der Waals surface area (Å²) >= 11 is 7.06. The lowest BCUT2D eigenvalue weighted by Gasteiger charge is -2.01. The molecular formula is C9H11ClN2O2S. The zero-order valence-corrected chi connectivity index (χ0v) is 9.85. The topological polar surface area (TPSA) is 56.0 Å². The second kappa shape index (κ2) is 5.92. The van der Waals surface area contributed by atoms with Gasteiger partial charge in [0.1, 0.15) is 5.15 Å². The SMILES string of the molecule is CCCCSc1nc(Cl)ccc1[N+](=O)[O-]. The zero-order chi connectivity index (χ0) is 11.3. The van der Waals surface area contributed by atoms with Crippen molar-refractivity contribution >= 4 is 29.1 Å². The third-order valence-corrected chi connectivity index (χ3v) is 3.02. The number of rotatable bonds is 5. The first-order valence-electron chi connectivity index (χ1n) is 4.59. The molecule has 6 heteroatoms. The molecule has 0 spiro atoms. The van der Waals surface area contributed by atoms with Crippen molar-refractivity contribution in [1.29, 1.82) is 0 Å². The molecule has 82 valence electrons. The van der Waals surface area contributed by atoms with Crippen molar-refractivity contribution in [2.24, 2.45) is 0 Å². The molecule has 0 bridgehead atoms. The first kappa shape index (κ1) is 12.3. The molecule has 15 heavy (non-hydrogen) atoms. The second-order valence-corrected chi connectivity index (χ2v) is 4.39. The Balaban J connectivity index is 2.82. The largest absolute Gasteiger partial charge is 0.301 e. The van der Waals surface area contributed by atoms with Crippen molar-refractivity contribution in [3.05, 3.63) is 27.4 Å². The molecule has 0 aliphatic carbocycles. The Morgan fingerprint density at radius 1 is 1.60 bits per heavy atom. The quantitative estimate of drug-likeness (QED) is 0.262. The van der Waals surface area contributed by atoms with Gasteiger partial charge in [-0.25, -0.2) is 4.98 Å². The van der Waals surface area contributed by atoms with Crippen molar-refractivity contribution in [1.82, 2.24) is 4.98 Å². The maximum Gasteiger partial charge on any atom is 0.301 e. The summed E-state index contributed by atoms with van der Waals surface area (Å²) in [5.41, 5.74) is 0.0282. The maximum atomic E-state index is 10.7. The van der Waals surface area contributed by atoms with Gasteiger partial charge in [-0.1, -0.05) is 36.7 Å². The molecule has 0 fully saturated rings. The molecule has 0 radical (unpaired) electrons. The third-order valence-electron chi connectivity index (χ3n) is 1.74. The van der Waals surface area contributed by atoms with E-state index in [1.165, 1.54) is 23.9 Å². The number of hydrogen-bond acceptors (Lipinski definition) is 4. The van der Waals surface area contributed by atoms with Gasteiger partial charge in [0.05, 0.1) is 4.92 Å². The fourth-order valence-electron chi connectivity index (χ4n) is 0.969. The van der Waals surface area contributed by atoms with Gasteiger partial charge < -0.3 is 0 Å². The minimum atomic E-state index is -0.433. The average molecular weight is 247 g/mol. The molecule has 0 saturated heterocycles. The van der Waals surface area contributed by atoms with Gasteiger partial charge in [-0.15, -0.1) is 0 Å². The van der Waals surface area contributed by atoms with Crippen LogP contribution >= 0.6 is 23.4 Å². The predicted molar refractivity (Wildman–Crippen MR) is 61.5 cm³/mol. The number of unbranched alkanes of at least 4 members (excludes halogenated alkanes) is 1. The molecule has 1 aromatic heterocycles. The van der Waals surface area contributed by atoms with Crippen molar-refractivity contribution < 1.29 is 4.92 Å². The summed E-state index contributed by atoms with van der Waals surface area (Å²) in [4.78, 5) is 14.2. The Labute approximate surface area is 97.2 Å². The average Bonchev–Trinajstić information content (AvgIpc) is 2.18. The van der Waals surface area contributed by atoms with Crippen LogP contribution in [-0.2, 0) is 0 Å². The van der Waals surface area contributed by atoms with Crippen molar-refractivity contribution in [3.63, 3.8) is 0 Å². The van der Waals surface area contributed by atoms with E-state index < -0.39 is 4.92 Å². The van der Waals surface area contributed by atoms with Crippen LogP contribution in [0.2, 0.25) is 5.15 Å². The summed E-state index contributed by atoms with van der Waals surface area (Å²) in [6.45, 7) is 2.07. The molecule has 0 aromatic carbocycles. The third kappa shape index (κ3) is 3.68. The molecule has 0 amide bonds. The number of pyridine rings is 1. The van der Waals surface area contributed by atoms with Gasteiger partial charge in [-0.3, -0.25) is 10.1 Å². The van der Waals surface area contributed by atoms with Crippen LogP contribution in [0.4, 0.5) is 5.69 Å². The number of nitrogens with zero attached hydrogens (tertiary/aromatic N) is 2. The van der Waals surface area contributed by atoms with Gasteiger partial charge in [-0.05, 0) is 18.2 Å². The minimum Gasteiger partial charge on any atom is -0.258 e. The predicted octanol–water partition coefficient (Wildman–Crippen LogP) is 3.54. The summed E-state index contributed by atoms with van der Waals surface area (Å²) in [6.07, 6.45) is 2.07. The van der Waals surface area contributed by atoms with E-state index in [9.17, 15) is 10.1 Å². The van der Waals surface area contributed by atoms with Crippen LogP contribution in [0.3, 0.4) is 0 Å². The molecule has 1 aromatic rings. The normalized spacial score (nSPS) is 10.3. The van der Waals surface area contributed by atoms with E-state index in [0.717, 1.165) is 18.6 Å². The van der Waals surface area contributed by atoms with E-state index in [0.29, 0.717) is 10.2 Å². The number of nitro groups is 1. The first-order valence-corrected chi connectivity index (χ1v) is 5.95. The van der Waals surface area contributed by atoms with Crippen LogP contribution in [0.1, 0.15) is 19.8 Å². The van der Waals surface area contributed by atoms with E-state index in [1.807, 2.05) is 0 Å². The fraction of sp³-hybridized carbons (Fsp3) is 0.444. The van der Waals surface area contributed by atoms with Crippen molar-refractivity contribution in [3.8, 4) is 0 Å². The van der Waals surface area contributed by atoms with Crippen molar-refractivity contribution in [2.75, 3.05) is 5.75 Å². The van der Waals surface area contributed by atoms with Crippen LogP contribution in [-0.4, -0.2) is 15.7 Å². The monoisotopic (exact) mass is 246 g/mol. The second-order valence-electron chi connectivity index (χ2n) is 2.92. The fourth-order valence-corrected chi connectivity index (χ4v) is 2.25. The molecule has 1 rings (SSSR count). The Morgan fingerprint density at radius 2 is 2.33 bits per heavy atom. The molecule has 1 heterocycles.